The van der Waals surface area contributed by atoms with Crippen molar-refractivity contribution in [1.29, 1.82) is 0 Å². The Labute approximate surface area is 114 Å². The topological polar surface area (TPSA) is 46.5 Å². The molecule has 0 aromatic heterocycles. The Morgan fingerprint density at radius 1 is 1.21 bits per heavy atom. The van der Waals surface area contributed by atoms with Gasteiger partial charge >= 0.3 is 5.97 Å². The van der Waals surface area contributed by atoms with Gasteiger partial charge < -0.3 is 9.84 Å². The second-order valence-corrected chi connectivity index (χ2v) is 4.39. The summed E-state index contributed by atoms with van der Waals surface area (Å²) in [6.45, 7) is 6.50. The molecule has 1 aromatic rings. The molecule has 0 saturated carbocycles. The Morgan fingerprint density at radius 3 is 2.42 bits per heavy atom. The van der Waals surface area contributed by atoms with E-state index in [-0.39, 0.29) is 11.7 Å². The third-order valence-electron chi connectivity index (χ3n) is 2.96. The zero-order valence-electron chi connectivity index (χ0n) is 11.9. The largest absolute Gasteiger partial charge is 0.507 e. The maximum absolute atomic E-state index is 11.4. The molecular weight excluding hydrogens is 240 g/mol. The molecule has 19 heavy (non-hydrogen) atoms. The van der Waals surface area contributed by atoms with Gasteiger partial charge in [0.1, 0.15) is 5.75 Å². The van der Waals surface area contributed by atoms with Gasteiger partial charge in [0.2, 0.25) is 0 Å². The molecule has 3 heteroatoms. The number of phenols is 1. The van der Waals surface area contributed by atoms with Crippen molar-refractivity contribution in [2.24, 2.45) is 0 Å². The molecule has 0 unspecified atom stereocenters. The first-order valence-corrected chi connectivity index (χ1v) is 6.81. The van der Waals surface area contributed by atoms with Crippen molar-refractivity contribution in [2.45, 2.75) is 40.0 Å². The minimum atomic E-state index is -0.376. The molecule has 1 aromatic carbocycles. The summed E-state index contributed by atoms with van der Waals surface area (Å²) in [5.74, 6) is -0.174. The third kappa shape index (κ3) is 4.43. The van der Waals surface area contributed by atoms with Crippen molar-refractivity contribution in [3.63, 3.8) is 0 Å². The molecule has 0 heterocycles. The summed E-state index contributed by atoms with van der Waals surface area (Å²) in [6.07, 6.45) is 5.56. The van der Waals surface area contributed by atoms with Crippen LogP contribution < -0.4 is 0 Å². The summed E-state index contributed by atoms with van der Waals surface area (Å²) in [7, 11) is 0. The van der Waals surface area contributed by atoms with Crippen LogP contribution in [0.5, 0.6) is 5.75 Å². The lowest BCUT2D eigenvalue weighted by Crippen LogP contribution is -2.01. The number of ether oxygens (including phenoxy) is 1. The molecule has 0 aliphatic rings. The Kier molecular flexibility index (Phi) is 6.13. The number of aromatic hydroxyl groups is 1. The zero-order valence-corrected chi connectivity index (χ0v) is 11.9. The van der Waals surface area contributed by atoms with E-state index in [0.717, 1.165) is 24.8 Å². The van der Waals surface area contributed by atoms with Crippen LogP contribution in [0.3, 0.4) is 0 Å². The number of rotatable bonds is 6. The summed E-state index contributed by atoms with van der Waals surface area (Å²) in [5.41, 5.74) is 3.00. The molecule has 0 fully saturated rings. The molecule has 0 radical (unpaired) electrons. The van der Waals surface area contributed by atoms with Gasteiger partial charge in [0, 0.05) is 11.6 Å². The Balaban J connectivity index is 2.89. The van der Waals surface area contributed by atoms with E-state index in [1.165, 1.54) is 11.6 Å². The Bertz CT molecular complexity index is 461. The Hall–Kier alpha value is -1.77. The fraction of sp³-hybridized carbons (Fsp3) is 0.438. The van der Waals surface area contributed by atoms with E-state index >= 15 is 0 Å². The van der Waals surface area contributed by atoms with E-state index in [9.17, 15) is 9.90 Å². The first kappa shape index (κ1) is 15.3. The number of aryl methyl sites for hydroxylation is 2. The number of phenolic OH excluding ortho intramolecular Hbond substituents is 1. The molecule has 1 rings (SSSR count). The zero-order chi connectivity index (χ0) is 14.3. The lowest BCUT2D eigenvalue weighted by atomic mass is 9.99. The maximum Gasteiger partial charge on any atom is 0.330 e. The number of carbonyl (C=O) groups is 1. The molecule has 0 aliphatic carbocycles. The average Bonchev–Trinajstić information content (AvgIpc) is 2.43. The molecule has 3 nitrogen and oxygen atoms in total. The standard InChI is InChI=1S/C16H22O3/c1-4-9-19-16(18)8-7-14-10-12(5-2)13(6-3)11-15(14)17/h7-8,10-11,17H,4-6,9H2,1-3H3. The number of benzene rings is 1. The average molecular weight is 262 g/mol. The second-order valence-electron chi connectivity index (χ2n) is 4.39. The van der Waals surface area contributed by atoms with Crippen LogP contribution in [0.2, 0.25) is 0 Å². The van der Waals surface area contributed by atoms with Crippen LogP contribution in [-0.4, -0.2) is 17.7 Å². The molecular formula is C16H22O3. The van der Waals surface area contributed by atoms with Crippen LogP contribution in [0.1, 0.15) is 43.9 Å². The van der Waals surface area contributed by atoms with Crippen molar-refractivity contribution in [2.75, 3.05) is 6.61 Å². The van der Waals surface area contributed by atoms with Crippen LogP contribution in [0, 0.1) is 0 Å². The molecule has 0 atom stereocenters. The monoisotopic (exact) mass is 262 g/mol. The first-order valence-electron chi connectivity index (χ1n) is 6.81. The molecule has 0 spiro atoms. The van der Waals surface area contributed by atoms with Crippen LogP contribution in [0.25, 0.3) is 6.08 Å². The van der Waals surface area contributed by atoms with Crippen molar-refractivity contribution in [1.82, 2.24) is 0 Å². The van der Waals surface area contributed by atoms with Crippen LogP contribution in [0.15, 0.2) is 18.2 Å². The number of carbonyl (C=O) groups excluding carboxylic acids is 1. The summed E-state index contributed by atoms with van der Waals surface area (Å²) in [5, 5.41) is 9.93. The highest BCUT2D eigenvalue weighted by atomic mass is 16.5. The van der Waals surface area contributed by atoms with Crippen LogP contribution in [-0.2, 0) is 22.4 Å². The van der Waals surface area contributed by atoms with E-state index in [0.29, 0.717) is 12.2 Å². The highest BCUT2D eigenvalue weighted by Crippen LogP contribution is 2.24. The second kappa shape index (κ2) is 7.62. The molecule has 0 saturated heterocycles. The van der Waals surface area contributed by atoms with E-state index < -0.39 is 0 Å². The quantitative estimate of drug-likeness (QED) is 0.630. The molecule has 0 bridgehead atoms. The lowest BCUT2D eigenvalue weighted by molar-refractivity contribution is -0.137. The van der Waals surface area contributed by atoms with Gasteiger partial charge in [-0.25, -0.2) is 4.79 Å². The maximum atomic E-state index is 11.4. The summed E-state index contributed by atoms with van der Waals surface area (Å²) >= 11 is 0. The van der Waals surface area contributed by atoms with Crippen LogP contribution >= 0.6 is 0 Å². The SMILES string of the molecule is CCCOC(=O)C=Cc1cc(CC)c(CC)cc1O. The van der Waals surface area contributed by atoms with Crippen LogP contribution in [0.4, 0.5) is 0 Å². The van der Waals surface area contributed by atoms with Gasteiger partial charge in [-0.05, 0) is 48.6 Å². The number of hydrogen-bond donors (Lipinski definition) is 1. The lowest BCUT2D eigenvalue weighted by Gasteiger charge is -2.09. The summed E-state index contributed by atoms with van der Waals surface area (Å²) in [4.78, 5) is 11.4. The van der Waals surface area contributed by atoms with Gasteiger partial charge in [-0.15, -0.1) is 0 Å². The van der Waals surface area contributed by atoms with Gasteiger partial charge in [-0.1, -0.05) is 20.8 Å². The van der Waals surface area contributed by atoms with Crippen molar-refractivity contribution in [3.8, 4) is 5.75 Å². The van der Waals surface area contributed by atoms with E-state index in [1.807, 2.05) is 13.0 Å². The summed E-state index contributed by atoms with van der Waals surface area (Å²) < 4.78 is 4.95. The highest BCUT2D eigenvalue weighted by Gasteiger charge is 2.06. The van der Waals surface area contributed by atoms with Crippen molar-refractivity contribution >= 4 is 12.0 Å². The van der Waals surface area contributed by atoms with Gasteiger partial charge in [-0.2, -0.15) is 0 Å². The fourth-order valence-corrected chi connectivity index (χ4v) is 1.90. The minimum Gasteiger partial charge on any atom is -0.507 e. The van der Waals surface area contributed by atoms with E-state index in [2.05, 4.69) is 13.8 Å². The Morgan fingerprint density at radius 2 is 1.84 bits per heavy atom. The molecule has 0 amide bonds. The predicted molar refractivity (Wildman–Crippen MR) is 77.1 cm³/mol. The predicted octanol–water partition coefficient (Wildman–Crippen LogP) is 3.48. The van der Waals surface area contributed by atoms with Gasteiger partial charge in [-0.3, -0.25) is 0 Å². The van der Waals surface area contributed by atoms with Crippen molar-refractivity contribution < 1.29 is 14.6 Å². The normalized spacial score (nSPS) is 10.9. The summed E-state index contributed by atoms with van der Waals surface area (Å²) in [6, 6.07) is 3.70. The smallest absolute Gasteiger partial charge is 0.330 e. The third-order valence-corrected chi connectivity index (χ3v) is 2.96. The van der Waals surface area contributed by atoms with Gasteiger partial charge in [0.05, 0.1) is 6.61 Å². The van der Waals surface area contributed by atoms with Gasteiger partial charge in [0.15, 0.2) is 0 Å². The molecule has 104 valence electrons. The van der Waals surface area contributed by atoms with E-state index in [4.69, 9.17) is 4.74 Å². The van der Waals surface area contributed by atoms with Gasteiger partial charge in [0.25, 0.3) is 0 Å². The first-order chi connectivity index (χ1) is 9.12. The van der Waals surface area contributed by atoms with E-state index in [1.54, 1.807) is 12.1 Å². The molecule has 0 aliphatic heterocycles. The minimum absolute atomic E-state index is 0.202. The number of hydrogen-bond acceptors (Lipinski definition) is 3. The number of esters is 1. The molecule has 1 N–H and O–H groups in total. The van der Waals surface area contributed by atoms with Crippen molar-refractivity contribution in [3.05, 3.63) is 34.9 Å². The fourth-order valence-electron chi connectivity index (χ4n) is 1.90. The highest BCUT2D eigenvalue weighted by molar-refractivity contribution is 5.87.